The van der Waals surface area contributed by atoms with Crippen LogP contribution in [0.25, 0.3) is 0 Å². The molecule has 0 saturated heterocycles. The molecule has 1 N–H and O–H groups in total. The first-order chi connectivity index (χ1) is 11.7. The summed E-state index contributed by atoms with van der Waals surface area (Å²) in [6.45, 7) is 3.62. The highest BCUT2D eigenvalue weighted by molar-refractivity contribution is 5.95. The Kier molecular flexibility index (Phi) is 3.89. The van der Waals surface area contributed by atoms with E-state index in [1.54, 1.807) is 0 Å². The van der Waals surface area contributed by atoms with Crippen molar-refractivity contribution in [2.24, 2.45) is 0 Å². The minimum atomic E-state index is -0.939. The molecule has 0 bridgehead atoms. The fraction of sp³-hybridized carbons (Fsp3) is 0.381. The van der Waals surface area contributed by atoms with Crippen LogP contribution in [-0.2, 0) is 5.72 Å². The molecule has 0 amide bonds. The molecule has 0 aromatic heterocycles. The molecular formula is C21H25N2O+. The Balaban J connectivity index is 1.80. The lowest BCUT2D eigenvalue weighted by Gasteiger charge is -2.23. The summed E-state index contributed by atoms with van der Waals surface area (Å²) in [6.07, 6.45) is 4.59. The van der Waals surface area contributed by atoms with Crippen LogP contribution in [0.2, 0.25) is 0 Å². The predicted molar refractivity (Wildman–Crippen MR) is 97.5 cm³/mol. The maximum atomic E-state index is 11.6. The smallest absolute Gasteiger partial charge is 0.271 e. The van der Waals surface area contributed by atoms with Gasteiger partial charge in [0.25, 0.3) is 11.6 Å². The van der Waals surface area contributed by atoms with Gasteiger partial charge in [0.1, 0.15) is 5.69 Å². The van der Waals surface area contributed by atoms with Gasteiger partial charge in [-0.05, 0) is 38.3 Å². The molecule has 24 heavy (non-hydrogen) atoms. The summed E-state index contributed by atoms with van der Waals surface area (Å²) in [4.78, 5) is 2.32. The first kappa shape index (κ1) is 15.4. The Morgan fingerprint density at radius 1 is 0.958 bits per heavy atom. The number of rotatable bonds is 2. The number of nitrogens with zero attached hydrogens (tertiary/aromatic N) is 2. The van der Waals surface area contributed by atoms with E-state index in [9.17, 15) is 5.11 Å². The van der Waals surface area contributed by atoms with Gasteiger partial charge in [-0.25, -0.2) is 9.48 Å². The topological polar surface area (TPSA) is 26.5 Å². The largest absolute Gasteiger partial charge is 0.346 e. The van der Waals surface area contributed by atoms with Gasteiger partial charge >= 0.3 is 0 Å². The van der Waals surface area contributed by atoms with E-state index >= 15 is 0 Å². The Hall–Kier alpha value is -2.13. The summed E-state index contributed by atoms with van der Waals surface area (Å²) in [5.41, 5.74) is 2.48. The lowest BCUT2D eigenvalue weighted by atomic mass is 10.0. The fourth-order valence-electron chi connectivity index (χ4n) is 3.99. The van der Waals surface area contributed by atoms with Crippen molar-refractivity contribution < 1.29 is 9.68 Å². The second kappa shape index (κ2) is 6.06. The monoisotopic (exact) mass is 321 g/mol. The van der Waals surface area contributed by atoms with Crippen LogP contribution in [0, 0.1) is 6.92 Å². The van der Waals surface area contributed by atoms with Gasteiger partial charge in [0.15, 0.2) is 6.54 Å². The first-order valence-electron chi connectivity index (χ1n) is 8.94. The Morgan fingerprint density at radius 3 is 2.46 bits per heavy atom. The summed E-state index contributed by atoms with van der Waals surface area (Å²) >= 11 is 0. The van der Waals surface area contributed by atoms with Crippen LogP contribution in [0.15, 0.2) is 54.6 Å². The molecule has 0 aliphatic carbocycles. The highest BCUT2D eigenvalue weighted by Gasteiger charge is 2.51. The molecule has 3 nitrogen and oxygen atoms in total. The van der Waals surface area contributed by atoms with E-state index in [1.807, 2.05) is 30.3 Å². The Morgan fingerprint density at radius 2 is 1.71 bits per heavy atom. The van der Waals surface area contributed by atoms with Crippen LogP contribution in [0.5, 0.6) is 0 Å². The van der Waals surface area contributed by atoms with Gasteiger partial charge in [-0.15, -0.1) is 0 Å². The van der Waals surface area contributed by atoms with E-state index in [0.29, 0.717) is 6.54 Å². The maximum Gasteiger partial charge on any atom is 0.271 e. The molecule has 4 rings (SSSR count). The molecule has 0 saturated carbocycles. The van der Waals surface area contributed by atoms with Crippen LogP contribution in [0.4, 0.5) is 5.69 Å². The fourth-order valence-corrected chi connectivity index (χ4v) is 3.99. The number of aliphatic hydroxyl groups is 1. The van der Waals surface area contributed by atoms with Crippen molar-refractivity contribution in [2.45, 2.75) is 38.3 Å². The third-order valence-electron chi connectivity index (χ3n) is 5.31. The minimum absolute atomic E-state index is 0.593. The van der Waals surface area contributed by atoms with Gasteiger partial charge in [-0.1, -0.05) is 48.0 Å². The van der Waals surface area contributed by atoms with E-state index in [-0.39, 0.29) is 0 Å². The van der Waals surface area contributed by atoms with E-state index < -0.39 is 5.72 Å². The highest BCUT2D eigenvalue weighted by atomic mass is 16.3. The van der Waals surface area contributed by atoms with Crippen LogP contribution < -0.4 is 4.90 Å². The molecule has 0 radical (unpaired) electrons. The summed E-state index contributed by atoms with van der Waals surface area (Å²) < 4.78 is 2.25. The number of hydrogen-bond donors (Lipinski definition) is 1. The zero-order chi connectivity index (χ0) is 16.6. The number of anilines is 1. The average Bonchev–Trinajstić information content (AvgIpc) is 2.78. The van der Waals surface area contributed by atoms with Gasteiger partial charge in [0.2, 0.25) is 0 Å². The van der Waals surface area contributed by atoms with Crippen LogP contribution >= 0.6 is 0 Å². The molecule has 2 aliphatic rings. The molecule has 124 valence electrons. The summed E-state index contributed by atoms with van der Waals surface area (Å²) in [6, 6.07) is 18.8. The van der Waals surface area contributed by atoms with Crippen molar-refractivity contribution in [3.05, 3.63) is 65.7 Å². The molecule has 2 aromatic rings. The van der Waals surface area contributed by atoms with Gasteiger partial charge < -0.3 is 5.11 Å². The van der Waals surface area contributed by atoms with Gasteiger partial charge in [-0.2, -0.15) is 0 Å². The normalized spacial score (nSPS) is 24.0. The van der Waals surface area contributed by atoms with Crippen molar-refractivity contribution in [2.75, 3.05) is 18.0 Å². The number of β-amino-alcohol motifs (C(OH)–C–C–N with tert-alkyl or cyclic N) is 1. The molecule has 3 heteroatoms. The summed E-state index contributed by atoms with van der Waals surface area (Å²) in [5.74, 6) is 1.27. The number of benzene rings is 2. The lowest BCUT2D eigenvalue weighted by Crippen LogP contribution is -2.40. The third-order valence-corrected chi connectivity index (χ3v) is 5.31. The second-order valence-corrected chi connectivity index (χ2v) is 6.98. The predicted octanol–water partition coefficient (Wildman–Crippen LogP) is 3.65. The molecule has 2 aliphatic heterocycles. The van der Waals surface area contributed by atoms with Crippen molar-refractivity contribution in [3.8, 4) is 0 Å². The van der Waals surface area contributed by atoms with Gasteiger partial charge in [-0.3, -0.25) is 0 Å². The Bertz CT molecular complexity index is 751. The van der Waals surface area contributed by atoms with E-state index in [2.05, 4.69) is 40.7 Å². The average molecular weight is 321 g/mol. The second-order valence-electron chi connectivity index (χ2n) is 6.98. The molecule has 0 fully saturated rings. The van der Waals surface area contributed by atoms with E-state index in [4.69, 9.17) is 0 Å². The Labute approximate surface area is 143 Å². The maximum absolute atomic E-state index is 11.6. The van der Waals surface area contributed by atoms with E-state index in [0.717, 1.165) is 24.9 Å². The highest BCUT2D eigenvalue weighted by Crippen LogP contribution is 2.35. The molecule has 2 heterocycles. The first-order valence-corrected chi connectivity index (χ1v) is 8.94. The quantitative estimate of drug-likeness (QED) is 0.855. The standard InChI is InChI=1S/C21H25N2O/c1-17-11-13-19(14-12-17)22-16-21(24,18-8-4-2-5-9-18)23-15-7-3-6-10-20(22)23/h2,4-5,8-9,11-14,24H,3,6-7,10,15-16H2,1H3/q+1. The summed E-state index contributed by atoms with van der Waals surface area (Å²) in [5, 5.41) is 11.6. The van der Waals surface area contributed by atoms with Crippen LogP contribution in [-0.4, -0.2) is 28.6 Å². The van der Waals surface area contributed by atoms with E-state index in [1.165, 1.54) is 29.9 Å². The lowest BCUT2D eigenvalue weighted by molar-refractivity contribution is -0.658. The molecular weight excluding hydrogens is 296 g/mol. The number of amidine groups is 1. The molecule has 1 atom stereocenters. The molecule has 0 spiro atoms. The molecule has 1 unspecified atom stereocenters. The minimum Gasteiger partial charge on any atom is -0.346 e. The zero-order valence-corrected chi connectivity index (χ0v) is 14.3. The molecule has 2 aromatic carbocycles. The van der Waals surface area contributed by atoms with Gasteiger partial charge in [0, 0.05) is 12.0 Å². The third kappa shape index (κ3) is 2.53. The van der Waals surface area contributed by atoms with Crippen molar-refractivity contribution in [1.29, 1.82) is 0 Å². The van der Waals surface area contributed by atoms with Crippen molar-refractivity contribution >= 4 is 11.5 Å². The van der Waals surface area contributed by atoms with Crippen molar-refractivity contribution in [3.63, 3.8) is 0 Å². The SMILES string of the molecule is Cc1ccc(N2CC(O)(c3ccccc3)[N+]3=C2CCCCC3)cc1. The zero-order valence-electron chi connectivity index (χ0n) is 14.3. The van der Waals surface area contributed by atoms with Crippen molar-refractivity contribution in [1.82, 2.24) is 0 Å². The number of hydrogen-bond acceptors (Lipinski definition) is 2. The number of aryl methyl sites for hydroxylation is 1. The van der Waals surface area contributed by atoms with Crippen LogP contribution in [0.3, 0.4) is 0 Å². The van der Waals surface area contributed by atoms with Gasteiger partial charge in [0.05, 0.1) is 6.54 Å². The van der Waals surface area contributed by atoms with Crippen LogP contribution in [0.1, 0.15) is 36.8 Å². The summed E-state index contributed by atoms with van der Waals surface area (Å²) in [7, 11) is 0.